The third kappa shape index (κ3) is 3.01. The molecule has 0 aliphatic carbocycles. The molecule has 1 aromatic carbocycles. The monoisotopic (exact) mass is 301 g/mol. The minimum Gasteiger partial charge on any atom is -0.381 e. The molecule has 0 radical (unpaired) electrons. The minimum absolute atomic E-state index is 0.172. The van der Waals surface area contributed by atoms with Gasteiger partial charge in [0.2, 0.25) is 0 Å². The number of benzene rings is 1. The van der Waals surface area contributed by atoms with Crippen LogP contribution in [0.2, 0.25) is 0 Å². The lowest BCUT2D eigenvalue weighted by Gasteiger charge is -2.21. The van der Waals surface area contributed by atoms with E-state index in [9.17, 15) is 4.79 Å². The third-order valence-corrected chi connectivity index (χ3v) is 3.73. The van der Waals surface area contributed by atoms with Gasteiger partial charge in [-0.25, -0.2) is 0 Å². The Kier molecular flexibility index (Phi) is 3.94. The number of ether oxygens (including phenoxy) is 1. The molecule has 22 heavy (non-hydrogen) atoms. The number of nitrogens with one attached hydrogen (secondary N) is 1. The van der Waals surface area contributed by atoms with Gasteiger partial charge in [-0.15, -0.1) is 0 Å². The number of carbonyl (C=O) groups excluding carboxylic acids is 1. The van der Waals surface area contributed by atoms with Crippen LogP contribution in [0.3, 0.4) is 0 Å². The Morgan fingerprint density at radius 2 is 2.09 bits per heavy atom. The summed E-state index contributed by atoms with van der Waals surface area (Å²) in [6.45, 7) is 5.03. The Balaban J connectivity index is 1.73. The van der Waals surface area contributed by atoms with Crippen LogP contribution in [-0.4, -0.2) is 29.3 Å². The number of aromatic nitrogens is 2. The summed E-state index contributed by atoms with van der Waals surface area (Å²) in [7, 11) is 0. The normalized spacial score (nSPS) is 18.4. The zero-order valence-corrected chi connectivity index (χ0v) is 12.7. The first-order valence-electron chi connectivity index (χ1n) is 7.35. The summed E-state index contributed by atoms with van der Waals surface area (Å²) < 4.78 is 10.7. The van der Waals surface area contributed by atoms with E-state index >= 15 is 0 Å². The van der Waals surface area contributed by atoms with Gasteiger partial charge in [0.05, 0.1) is 6.61 Å². The third-order valence-electron chi connectivity index (χ3n) is 3.73. The number of nitrogens with zero attached hydrogens (tertiary/aromatic N) is 2. The van der Waals surface area contributed by atoms with Gasteiger partial charge in [-0.2, -0.15) is 4.98 Å². The lowest BCUT2D eigenvalue weighted by atomic mass is 10.0. The Morgan fingerprint density at radius 3 is 2.77 bits per heavy atom. The average Bonchev–Trinajstić information content (AvgIpc) is 3.19. The molecule has 116 valence electrons. The van der Waals surface area contributed by atoms with Crippen molar-refractivity contribution >= 4 is 5.91 Å². The lowest BCUT2D eigenvalue weighted by Crippen LogP contribution is -2.41. The van der Waals surface area contributed by atoms with Gasteiger partial charge in [-0.1, -0.05) is 23.4 Å². The number of hydrogen-bond acceptors (Lipinski definition) is 5. The van der Waals surface area contributed by atoms with Crippen molar-refractivity contribution in [3.05, 3.63) is 47.6 Å². The molecule has 0 saturated carbocycles. The summed E-state index contributed by atoms with van der Waals surface area (Å²) in [5.74, 6) is 1.06. The molecule has 1 atom stereocenters. The quantitative estimate of drug-likeness (QED) is 0.937. The number of carbonyl (C=O) groups is 1. The van der Waals surface area contributed by atoms with Crippen molar-refractivity contribution in [3.63, 3.8) is 0 Å². The van der Waals surface area contributed by atoms with Gasteiger partial charge in [0.1, 0.15) is 5.54 Å². The van der Waals surface area contributed by atoms with Crippen LogP contribution in [0, 0.1) is 0 Å². The first-order chi connectivity index (χ1) is 10.6. The summed E-state index contributed by atoms with van der Waals surface area (Å²) in [6.07, 6.45) is 0.899. The molecule has 6 nitrogen and oxygen atoms in total. The predicted molar refractivity (Wildman–Crippen MR) is 79.4 cm³/mol. The van der Waals surface area contributed by atoms with E-state index in [2.05, 4.69) is 15.5 Å². The van der Waals surface area contributed by atoms with Crippen LogP contribution in [-0.2, 0) is 10.3 Å². The summed E-state index contributed by atoms with van der Waals surface area (Å²) in [6, 6.07) is 9.05. The molecule has 1 aliphatic heterocycles. The molecule has 6 heteroatoms. The Bertz CT molecular complexity index is 646. The zero-order chi connectivity index (χ0) is 15.6. The van der Waals surface area contributed by atoms with E-state index in [0.29, 0.717) is 23.9 Å². The van der Waals surface area contributed by atoms with Crippen molar-refractivity contribution in [2.45, 2.75) is 31.7 Å². The first-order valence-corrected chi connectivity index (χ1v) is 7.35. The van der Waals surface area contributed by atoms with Gasteiger partial charge in [0, 0.05) is 18.1 Å². The molecule has 1 aromatic heterocycles. The molecule has 1 saturated heterocycles. The fourth-order valence-corrected chi connectivity index (χ4v) is 2.39. The maximum absolute atomic E-state index is 12.3. The summed E-state index contributed by atoms with van der Waals surface area (Å²) in [4.78, 5) is 16.7. The van der Waals surface area contributed by atoms with Crippen molar-refractivity contribution in [1.82, 2.24) is 15.5 Å². The highest BCUT2D eigenvalue weighted by Gasteiger charge is 2.32. The maximum Gasteiger partial charge on any atom is 0.252 e. The van der Waals surface area contributed by atoms with E-state index in [4.69, 9.17) is 9.26 Å². The molecule has 1 fully saturated rings. The Morgan fingerprint density at radius 1 is 1.32 bits per heavy atom. The lowest BCUT2D eigenvalue weighted by molar-refractivity contribution is 0.0895. The van der Waals surface area contributed by atoms with Crippen LogP contribution in [0.4, 0.5) is 0 Å². The fourth-order valence-electron chi connectivity index (χ4n) is 2.39. The summed E-state index contributed by atoms with van der Waals surface area (Å²) in [5.41, 5.74) is -0.142. The molecule has 3 rings (SSSR count). The van der Waals surface area contributed by atoms with Crippen LogP contribution in [0.15, 0.2) is 34.9 Å². The molecule has 1 aliphatic rings. The van der Waals surface area contributed by atoms with E-state index in [1.165, 1.54) is 0 Å². The average molecular weight is 301 g/mol. The molecule has 0 spiro atoms. The maximum atomic E-state index is 12.3. The highest BCUT2D eigenvalue weighted by atomic mass is 16.5. The fraction of sp³-hybridized carbons (Fsp3) is 0.438. The van der Waals surface area contributed by atoms with Crippen LogP contribution in [0.25, 0.3) is 0 Å². The Hall–Kier alpha value is -2.21. The molecule has 1 unspecified atom stereocenters. The topological polar surface area (TPSA) is 77.2 Å². The Labute approximate surface area is 128 Å². The van der Waals surface area contributed by atoms with E-state index in [1.54, 1.807) is 12.1 Å². The molecule has 2 heterocycles. The summed E-state index contributed by atoms with van der Waals surface area (Å²) >= 11 is 0. The number of hydrogen-bond donors (Lipinski definition) is 1. The van der Waals surface area contributed by atoms with Gasteiger partial charge in [0.25, 0.3) is 11.8 Å². The van der Waals surface area contributed by atoms with Crippen molar-refractivity contribution in [2.24, 2.45) is 0 Å². The van der Waals surface area contributed by atoms with Crippen LogP contribution >= 0.6 is 0 Å². The largest absolute Gasteiger partial charge is 0.381 e. The van der Waals surface area contributed by atoms with E-state index < -0.39 is 5.54 Å². The van der Waals surface area contributed by atoms with Crippen molar-refractivity contribution in [1.29, 1.82) is 0 Å². The molecule has 2 aromatic rings. The number of amides is 1. The van der Waals surface area contributed by atoms with Crippen LogP contribution in [0.1, 0.15) is 48.3 Å². The van der Waals surface area contributed by atoms with Crippen LogP contribution in [0.5, 0.6) is 0 Å². The standard InChI is InChI=1S/C16H19N3O3/c1-16(2,18-14(20)11-6-4-3-5-7-11)15-17-13(19-22-15)12-8-9-21-10-12/h3-7,12H,8-10H2,1-2H3,(H,18,20). The van der Waals surface area contributed by atoms with E-state index in [1.807, 2.05) is 32.0 Å². The van der Waals surface area contributed by atoms with Crippen molar-refractivity contribution < 1.29 is 14.1 Å². The van der Waals surface area contributed by atoms with Gasteiger partial charge in [-0.3, -0.25) is 4.79 Å². The highest BCUT2D eigenvalue weighted by Crippen LogP contribution is 2.25. The second-order valence-electron chi connectivity index (χ2n) is 5.96. The van der Waals surface area contributed by atoms with Crippen molar-refractivity contribution in [3.8, 4) is 0 Å². The smallest absolute Gasteiger partial charge is 0.252 e. The first kappa shape index (κ1) is 14.7. The van der Waals surface area contributed by atoms with Gasteiger partial charge in [0.15, 0.2) is 5.82 Å². The highest BCUT2D eigenvalue weighted by molar-refractivity contribution is 5.94. The molecular weight excluding hydrogens is 282 g/mol. The van der Waals surface area contributed by atoms with E-state index in [-0.39, 0.29) is 11.8 Å². The second kappa shape index (κ2) is 5.88. The van der Waals surface area contributed by atoms with Gasteiger partial charge in [-0.05, 0) is 32.4 Å². The predicted octanol–water partition coefficient (Wildman–Crippen LogP) is 2.24. The molecule has 1 N–H and O–H groups in total. The SMILES string of the molecule is CC(C)(NC(=O)c1ccccc1)c1nc(C2CCOC2)no1. The second-order valence-corrected chi connectivity index (χ2v) is 5.96. The van der Waals surface area contributed by atoms with Crippen molar-refractivity contribution in [2.75, 3.05) is 13.2 Å². The molecule has 1 amide bonds. The number of rotatable bonds is 4. The zero-order valence-electron chi connectivity index (χ0n) is 12.7. The van der Waals surface area contributed by atoms with Gasteiger partial charge < -0.3 is 14.6 Å². The van der Waals surface area contributed by atoms with Crippen LogP contribution < -0.4 is 5.32 Å². The van der Waals surface area contributed by atoms with E-state index in [0.717, 1.165) is 13.0 Å². The minimum atomic E-state index is -0.738. The molecular formula is C16H19N3O3. The molecule has 0 bridgehead atoms. The summed E-state index contributed by atoms with van der Waals surface area (Å²) in [5, 5.41) is 6.95. The van der Waals surface area contributed by atoms with Gasteiger partial charge >= 0.3 is 0 Å².